The van der Waals surface area contributed by atoms with Gasteiger partial charge in [-0.2, -0.15) is 0 Å². The summed E-state index contributed by atoms with van der Waals surface area (Å²) in [7, 11) is 1.58. The van der Waals surface area contributed by atoms with Gasteiger partial charge < -0.3 is 19.8 Å². The van der Waals surface area contributed by atoms with E-state index in [1.165, 1.54) is 25.7 Å². The molecule has 0 heterocycles. The largest absolute Gasteiger partial charge is 0.472 e. The summed E-state index contributed by atoms with van der Waals surface area (Å²) in [6, 6.07) is -0.778. The number of likely N-dealkylation sites (N-methyl/N-ethyl adjacent to an activating group) is 1. The predicted octanol–water partition coefficient (Wildman–Crippen LogP) is 16.0. The molecule has 8 nitrogen and oxygen atoms in total. The van der Waals surface area contributed by atoms with Crippen LogP contribution >= 0.6 is 7.82 Å². The number of aliphatic hydroxyl groups excluding tert-OH is 1. The molecule has 0 fully saturated rings. The Hall–Kier alpha value is -3.36. The van der Waals surface area contributed by atoms with Gasteiger partial charge in [-0.25, -0.2) is 4.57 Å². The first-order valence-electron chi connectivity index (χ1n) is 26.5. The van der Waals surface area contributed by atoms with Gasteiger partial charge in [0.1, 0.15) is 13.2 Å². The highest BCUT2D eigenvalue weighted by Gasteiger charge is 2.28. The van der Waals surface area contributed by atoms with Crippen LogP contribution in [0.5, 0.6) is 0 Å². The van der Waals surface area contributed by atoms with E-state index in [0.717, 1.165) is 128 Å². The highest BCUT2D eigenvalue weighted by molar-refractivity contribution is 7.47. The molecule has 0 aliphatic heterocycles. The fourth-order valence-electron chi connectivity index (χ4n) is 6.75. The smallest absolute Gasteiger partial charge is 0.391 e. The molecule has 3 unspecified atom stereocenters. The second-order valence-corrected chi connectivity index (χ2v) is 20.0. The molecular formula is C59H100N2O6P+. The van der Waals surface area contributed by atoms with Crippen LogP contribution in [0.1, 0.15) is 181 Å². The minimum atomic E-state index is -4.32. The molecule has 0 aliphatic rings. The maximum Gasteiger partial charge on any atom is 0.472 e. The SMILES string of the molecule is CC/C=C\C/C=C\C/C=C\C/C=C\C/C=C\C/C=C\C/C=C\C/C=C\C/C=C\C/C=C\C/C=C\CCCCCCCC(=O)NC(COP(=O)(O)OCC[N+](C)(C)C)C(O)CCCCCCCCC. The van der Waals surface area contributed by atoms with Crippen molar-refractivity contribution in [3.05, 3.63) is 134 Å². The Labute approximate surface area is 417 Å². The highest BCUT2D eigenvalue weighted by atomic mass is 31.2. The van der Waals surface area contributed by atoms with Crippen molar-refractivity contribution in [1.82, 2.24) is 5.32 Å². The summed E-state index contributed by atoms with van der Waals surface area (Å²) in [5, 5.41) is 13.8. The molecule has 0 aliphatic carbocycles. The van der Waals surface area contributed by atoms with Gasteiger partial charge in [-0.15, -0.1) is 0 Å². The first kappa shape index (κ1) is 64.6. The van der Waals surface area contributed by atoms with Crippen LogP contribution in [0, 0.1) is 0 Å². The van der Waals surface area contributed by atoms with E-state index < -0.39 is 20.0 Å². The Morgan fingerprint density at radius 2 is 0.882 bits per heavy atom. The van der Waals surface area contributed by atoms with Crippen LogP contribution in [0.2, 0.25) is 0 Å². The van der Waals surface area contributed by atoms with Crippen molar-refractivity contribution < 1.29 is 32.9 Å². The molecule has 3 atom stereocenters. The summed E-state index contributed by atoms with van der Waals surface area (Å²) >= 11 is 0. The van der Waals surface area contributed by atoms with Gasteiger partial charge in [0.25, 0.3) is 0 Å². The Morgan fingerprint density at radius 3 is 1.29 bits per heavy atom. The number of carbonyl (C=O) groups is 1. The van der Waals surface area contributed by atoms with Gasteiger partial charge in [-0.3, -0.25) is 13.8 Å². The quantitative estimate of drug-likeness (QED) is 0.0243. The molecule has 0 aromatic heterocycles. The number of rotatable bonds is 46. The summed E-state index contributed by atoms with van der Waals surface area (Å²) in [5.41, 5.74) is 0. The van der Waals surface area contributed by atoms with Crippen LogP contribution < -0.4 is 5.32 Å². The number of unbranched alkanes of at least 4 members (excludes halogenated alkanes) is 11. The molecule has 386 valence electrons. The van der Waals surface area contributed by atoms with Crippen LogP contribution in [0.25, 0.3) is 0 Å². The topological polar surface area (TPSA) is 105 Å². The van der Waals surface area contributed by atoms with Crippen molar-refractivity contribution in [2.45, 2.75) is 193 Å². The standard InChI is InChI=1S/C59H99N2O6P/c1-6-8-10-12-14-15-16-17-18-19-20-21-22-23-24-25-26-27-28-29-30-31-32-33-34-35-36-37-38-39-40-41-42-43-44-45-47-49-51-53-59(63)60-57(58(62)52-50-48-46-13-11-9-7-2)56-67-68(64,65)66-55-54-61(3,4)5/h8,10,14-15,17-18,20-21,23-24,26-27,29-30,32-33,35-36,38-39,41-42,57-58,62H,6-7,9,11-13,16,19,22,25,28,31,34,37,40,43-56H2,1-5H3,(H-,60,63,64,65)/p+1/b10-8-,15-14-,18-17-,21-20-,24-23-,27-26-,30-29-,33-32-,36-35-,39-38-,42-41-. The zero-order valence-electron chi connectivity index (χ0n) is 43.8. The Morgan fingerprint density at radius 1 is 0.515 bits per heavy atom. The van der Waals surface area contributed by atoms with Crippen molar-refractivity contribution in [2.24, 2.45) is 0 Å². The fourth-order valence-corrected chi connectivity index (χ4v) is 7.49. The van der Waals surface area contributed by atoms with Gasteiger partial charge in [-0.1, -0.05) is 212 Å². The van der Waals surface area contributed by atoms with Crippen LogP contribution in [0.3, 0.4) is 0 Å². The van der Waals surface area contributed by atoms with E-state index in [-0.39, 0.29) is 19.1 Å². The molecule has 3 N–H and O–H groups in total. The molecule has 0 spiro atoms. The molecule has 0 bridgehead atoms. The van der Waals surface area contributed by atoms with Crippen LogP contribution in [0.15, 0.2) is 134 Å². The number of phosphoric acid groups is 1. The van der Waals surface area contributed by atoms with E-state index in [2.05, 4.69) is 153 Å². The number of hydrogen-bond donors (Lipinski definition) is 3. The molecule has 0 saturated heterocycles. The van der Waals surface area contributed by atoms with E-state index in [1.54, 1.807) is 0 Å². The Balaban J connectivity index is 4.07. The monoisotopic (exact) mass is 964 g/mol. The molecule has 0 saturated carbocycles. The van der Waals surface area contributed by atoms with Crippen LogP contribution in [0.4, 0.5) is 0 Å². The number of allylic oxidation sites excluding steroid dienone is 22. The number of carbonyl (C=O) groups excluding carboxylic acids is 1. The minimum Gasteiger partial charge on any atom is -0.391 e. The lowest BCUT2D eigenvalue weighted by Gasteiger charge is -2.26. The molecule has 68 heavy (non-hydrogen) atoms. The van der Waals surface area contributed by atoms with E-state index in [4.69, 9.17) is 9.05 Å². The number of quaternary nitrogens is 1. The lowest BCUT2D eigenvalue weighted by Crippen LogP contribution is -2.46. The van der Waals surface area contributed by atoms with E-state index in [1.807, 2.05) is 21.1 Å². The zero-order chi connectivity index (χ0) is 49.9. The second kappa shape index (κ2) is 48.7. The third kappa shape index (κ3) is 50.5. The van der Waals surface area contributed by atoms with Gasteiger partial charge in [0.05, 0.1) is 39.9 Å². The third-order valence-electron chi connectivity index (χ3n) is 10.9. The number of amides is 1. The average molecular weight is 964 g/mol. The Bertz CT molecular complexity index is 1560. The van der Waals surface area contributed by atoms with E-state index in [9.17, 15) is 19.4 Å². The summed E-state index contributed by atoms with van der Waals surface area (Å²) in [6.07, 6.45) is 73.9. The maximum atomic E-state index is 12.9. The normalized spacial score (nSPS) is 15.1. The lowest BCUT2D eigenvalue weighted by atomic mass is 10.0. The first-order valence-corrected chi connectivity index (χ1v) is 28.0. The molecule has 0 rings (SSSR count). The zero-order valence-corrected chi connectivity index (χ0v) is 44.7. The third-order valence-corrected chi connectivity index (χ3v) is 11.9. The van der Waals surface area contributed by atoms with Crippen LogP contribution in [-0.2, 0) is 18.4 Å². The number of nitrogens with one attached hydrogen (secondary N) is 1. The summed E-state index contributed by atoms with van der Waals surface area (Å²) in [5.74, 6) is -0.174. The molecule has 9 heteroatoms. The van der Waals surface area contributed by atoms with Gasteiger partial charge in [0, 0.05) is 6.42 Å². The van der Waals surface area contributed by atoms with E-state index >= 15 is 0 Å². The van der Waals surface area contributed by atoms with Crippen molar-refractivity contribution in [1.29, 1.82) is 0 Å². The van der Waals surface area contributed by atoms with E-state index in [0.29, 0.717) is 23.9 Å². The number of hydrogen-bond acceptors (Lipinski definition) is 5. The maximum absolute atomic E-state index is 12.9. The van der Waals surface area contributed by atoms with Crippen LogP contribution in [-0.4, -0.2) is 73.4 Å². The van der Waals surface area contributed by atoms with Gasteiger partial charge >= 0.3 is 7.82 Å². The molecule has 0 aromatic carbocycles. The number of aliphatic hydroxyl groups is 1. The van der Waals surface area contributed by atoms with Crippen molar-refractivity contribution >= 4 is 13.7 Å². The number of phosphoric ester groups is 1. The van der Waals surface area contributed by atoms with Crippen molar-refractivity contribution in [3.8, 4) is 0 Å². The fraction of sp³-hybridized carbons (Fsp3) is 0.610. The predicted molar refractivity (Wildman–Crippen MR) is 294 cm³/mol. The van der Waals surface area contributed by atoms with Crippen molar-refractivity contribution in [3.63, 3.8) is 0 Å². The van der Waals surface area contributed by atoms with Gasteiger partial charge in [0.2, 0.25) is 5.91 Å². The summed E-state index contributed by atoms with van der Waals surface area (Å²) in [4.78, 5) is 23.1. The van der Waals surface area contributed by atoms with Crippen molar-refractivity contribution in [2.75, 3.05) is 40.9 Å². The van der Waals surface area contributed by atoms with Gasteiger partial charge in [0.15, 0.2) is 0 Å². The first-order chi connectivity index (χ1) is 33.0. The van der Waals surface area contributed by atoms with Gasteiger partial charge in [-0.05, 0) is 96.3 Å². The molecule has 1 amide bonds. The average Bonchev–Trinajstić information content (AvgIpc) is 3.30. The molecule has 0 aromatic rings. The summed E-state index contributed by atoms with van der Waals surface area (Å²) < 4.78 is 23.5. The Kier molecular flexibility index (Phi) is 46.3. The molecule has 0 radical (unpaired) electrons. The lowest BCUT2D eigenvalue weighted by molar-refractivity contribution is -0.870. The minimum absolute atomic E-state index is 0.0628. The number of nitrogens with zero attached hydrogens (tertiary/aromatic N) is 1. The molecular weight excluding hydrogens is 864 g/mol. The highest BCUT2D eigenvalue weighted by Crippen LogP contribution is 2.43. The second-order valence-electron chi connectivity index (χ2n) is 18.5. The summed E-state index contributed by atoms with van der Waals surface area (Å²) in [6.45, 7) is 4.67.